The first-order valence-corrected chi connectivity index (χ1v) is 8.13. The number of hydrogen-bond acceptors (Lipinski definition) is 5. The Kier molecular flexibility index (Phi) is 5.43. The number of aromatic carboxylic acids is 1. The van der Waals surface area contributed by atoms with Crippen LogP contribution < -0.4 is 10.2 Å². The lowest BCUT2D eigenvalue weighted by molar-refractivity contribution is 0.0696. The number of aromatic nitrogens is 1. The topological polar surface area (TPSA) is 91.8 Å². The molecule has 26 heavy (non-hydrogen) atoms. The second kappa shape index (κ2) is 7.92. The minimum absolute atomic E-state index is 0.103. The van der Waals surface area contributed by atoms with Gasteiger partial charge >= 0.3 is 5.97 Å². The first kappa shape index (κ1) is 17.8. The van der Waals surface area contributed by atoms with Crippen molar-refractivity contribution < 1.29 is 23.8 Å². The fourth-order valence-corrected chi connectivity index (χ4v) is 2.62. The number of anilines is 1. The molecule has 0 radical (unpaired) electrons. The lowest BCUT2D eigenvalue weighted by atomic mass is 10.1. The maximum absolute atomic E-state index is 14.3. The Labute approximate surface area is 149 Å². The van der Waals surface area contributed by atoms with Gasteiger partial charge < -0.3 is 20.1 Å². The number of rotatable bonds is 5. The molecule has 1 aromatic heterocycles. The van der Waals surface area contributed by atoms with Gasteiger partial charge in [-0.25, -0.2) is 14.2 Å². The third kappa shape index (κ3) is 4.15. The molecule has 2 aromatic rings. The Morgan fingerprint density at radius 1 is 1.19 bits per heavy atom. The van der Waals surface area contributed by atoms with Gasteiger partial charge in [0, 0.05) is 31.4 Å². The van der Waals surface area contributed by atoms with E-state index >= 15 is 0 Å². The standard InChI is InChI=1S/C18H18FN3O4/c19-15-9-12(10-20-16(15)22-5-7-26-8-6-22)11-21-17(23)13-1-3-14(4-2-13)18(24)25/h1-4,9-10H,5-8,11H2,(H,21,23)(H,24,25). The highest BCUT2D eigenvalue weighted by atomic mass is 19.1. The Morgan fingerprint density at radius 3 is 2.46 bits per heavy atom. The molecular weight excluding hydrogens is 341 g/mol. The van der Waals surface area contributed by atoms with Gasteiger partial charge in [0.05, 0.1) is 18.8 Å². The summed E-state index contributed by atoms with van der Waals surface area (Å²) in [4.78, 5) is 28.9. The van der Waals surface area contributed by atoms with Crippen LogP contribution in [0.4, 0.5) is 10.2 Å². The number of hydrogen-bond donors (Lipinski definition) is 2. The fourth-order valence-electron chi connectivity index (χ4n) is 2.62. The predicted octanol–water partition coefficient (Wildman–Crippen LogP) is 1.69. The monoisotopic (exact) mass is 359 g/mol. The van der Waals surface area contributed by atoms with Crippen LogP contribution in [0.1, 0.15) is 26.3 Å². The van der Waals surface area contributed by atoms with Crippen molar-refractivity contribution in [3.63, 3.8) is 0 Å². The lowest BCUT2D eigenvalue weighted by Crippen LogP contribution is -2.37. The van der Waals surface area contributed by atoms with Crippen LogP contribution in [0.3, 0.4) is 0 Å². The maximum Gasteiger partial charge on any atom is 0.335 e. The van der Waals surface area contributed by atoms with Crippen molar-refractivity contribution in [2.45, 2.75) is 6.54 Å². The van der Waals surface area contributed by atoms with Gasteiger partial charge in [0.15, 0.2) is 11.6 Å². The van der Waals surface area contributed by atoms with Gasteiger partial charge in [-0.1, -0.05) is 0 Å². The molecule has 0 bridgehead atoms. The molecule has 2 heterocycles. The molecule has 8 heteroatoms. The van der Waals surface area contributed by atoms with Crippen LogP contribution >= 0.6 is 0 Å². The number of nitrogens with one attached hydrogen (secondary N) is 1. The van der Waals surface area contributed by atoms with Crippen molar-refractivity contribution in [3.05, 3.63) is 59.0 Å². The third-order valence-electron chi connectivity index (χ3n) is 4.04. The molecule has 2 N–H and O–H groups in total. The molecule has 0 aliphatic carbocycles. The number of carboxylic acid groups (broad SMARTS) is 1. The van der Waals surface area contributed by atoms with Crippen molar-refractivity contribution in [3.8, 4) is 0 Å². The highest BCUT2D eigenvalue weighted by Crippen LogP contribution is 2.18. The van der Waals surface area contributed by atoms with Gasteiger partial charge in [-0.15, -0.1) is 0 Å². The quantitative estimate of drug-likeness (QED) is 0.844. The maximum atomic E-state index is 14.3. The van der Waals surface area contributed by atoms with E-state index in [1.54, 1.807) is 0 Å². The average Bonchev–Trinajstić information content (AvgIpc) is 2.67. The number of benzene rings is 1. The zero-order valence-corrected chi connectivity index (χ0v) is 13.9. The number of halogens is 1. The zero-order chi connectivity index (χ0) is 18.5. The molecular formula is C18H18FN3O4. The van der Waals surface area contributed by atoms with E-state index in [4.69, 9.17) is 9.84 Å². The molecule has 0 atom stereocenters. The molecule has 1 saturated heterocycles. The van der Waals surface area contributed by atoms with E-state index in [2.05, 4.69) is 10.3 Å². The Balaban J connectivity index is 1.61. The number of amides is 1. The molecule has 1 amide bonds. The van der Waals surface area contributed by atoms with Gasteiger partial charge in [-0.05, 0) is 35.9 Å². The third-order valence-corrected chi connectivity index (χ3v) is 4.04. The van der Waals surface area contributed by atoms with Crippen LogP contribution in [0.15, 0.2) is 36.5 Å². The average molecular weight is 359 g/mol. The Hall–Kier alpha value is -3.00. The summed E-state index contributed by atoms with van der Waals surface area (Å²) in [5.74, 6) is -1.59. The summed E-state index contributed by atoms with van der Waals surface area (Å²) in [7, 11) is 0. The van der Waals surface area contributed by atoms with Gasteiger partial charge in [0.25, 0.3) is 5.91 Å². The predicted molar refractivity (Wildman–Crippen MR) is 91.8 cm³/mol. The second-order valence-corrected chi connectivity index (χ2v) is 5.81. The summed E-state index contributed by atoms with van der Waals surface area (Å²) < 4.78 is 19.5. The summed E-state index contributed by atoms with van der Waals surface area (Å²) in [6.45, 7) is 2.38. The van der Waals surface area contributed by atoms with E-state index in [-0.39, 0.29) is 23.8 Å². The van der Waals surface area contributed by atoms with Crippen LogP contribution in [0.5, 0.6) is 0 Å². The number of carbonyl (C=O) groups excluding carboxylic acids is 1. The van der Waals surface area contributed by atoms with E-state index in [0.717, 1.165) is 0 Å². The normalized spacial score (nSPS) is 14.1. The van der Waals surface area contributed by atoms with E-state index in [0.29, 0.717) is 37.4 Å². The smallest absolute Gasteiger partial charge is 0.335 e. The molecule has 1 fully saturated rings. The largest absolute Gasteiger partial charge is 0.478 e. The van der Waals surface area contributed by atoms with Crippen molar-refractivity contribution in [1.82, 2.24) is 10.3 Å². The van der Waals surface area contributed by atoms with Crippen molar-refractivity contribution in [2.24, 2.45) is 0 Å². The van der Waals surface area contributed by atoms with Crippen molar-refractivity contribution >= 4 is 17.7 Å². The van der Waals surface area contributed by atoms with E-state index in [1.807, 2.05) is 4.90 Å². The summed E-state index contributed by atoms with van der Waals surface area (Å²) in [5, 5.41) is 11.5. The summed E-state index contributed by atoms with van der Waals surface area (Å²) in [6, 6.07) is 6.93. The fraction of sp³-hybridized carbons (Fsp3) is 0.278. The van der Waals surface area contributed by atoms with E-state index in [1.165, 1.54) is 36.5 Å². The first-order valence-electron chi connectivity index (χ1n) is 8.13. The number of carboxylic acids is 1. The number of carbonyl (C=O) groups is 2. The van der Waals surface area contributed by atoms with E-state index in [9.17, 15) is 14.0 Å². The highest BCUT2D eigenvalue weighted by Gasteiger charge is 2.17. The van der Waals surface area contributed by atoms with Gasteiger partial charge in [-0.2, -0.15) is 0 Å². The van der Waals surface area contributed by atoms with Crippen molar-refractivity contribution in [2.75, 3.05) is 31.2 Å². The Bertz CT molecular complexity index is 805. The molecule has 7 nitrogen and oxygen atoms in total. The summed E-state index contributed by atoms with van der Waals surface area (Å²) in [6.07, 6.45) is 1.53. The number of ether oxygens (including phenoxy) is 1. The van der Waals surface area contributed by atoms with Gasteiger partial charge in [-0.3, -0.25) is 4.79 Å². The van der Waals surface area contributed by atoms with Crippen LogP contribution in [0.25, 0.3) is 0 Å². The molecule has 3 rings (SSSR count). The van der Waals surface area contributed by atoms with Crippen molar-refractivity contribution in [1.29, 1.82) is 0 Å². The molecule has 0 unspecified atom stereocenters. The summed E-state index contributed by atoms with van der Waals surface area (Å²) >= 11 is 0. The van der Waals surface area contributed by atoms with Crippen LogP contribution in [-0.4, -0.2) is 48.3 Å². The molecule has 1 aliphatic rings. The number of nitrogens with zero attached hydrogens (tertiary/aromatic N) is 2. The molecule has 1 aliphatic heterocycles. The van der Waals surface area contributed by atoms with Crippen LogP contribution in [0, 0.1) is 5.82 Å². The molecule has 0 spiro atoms. The van der Waals surface area contributed by atoms with Gasteiger partial charge in [0.1, 0.15) is 0 Å². The van der Waals surface area contributed by atoms with E-state index < -0.39 is 11.8 Å². The van der Waals surface area contributed by atoms with Crippen LogP contribution in [-0.2, 0) is 11.3 Å². The van der Waals surface area contributed by atoms with Crippen LogP contribution in [0.2, 0.25) is 0 Å². The number of pyridine rings is 1. The minimum atomic E-state index is -1.06. The molecule has 0 saturated carbocycles. The molecule has 136 valence electrons. The first-order chi connectivity index (χ1) is 12.5. The minimum Gasteiger partial charge on any atom is -0.478 e. The second-order valence-electron chi connectivity index (χ2n) is 5.81. The SMILES string of the molecule is O=C(O)c1ccc(C(=O)NCc2cnc(N3CCOCC3)c(F)c2)cc1. The zero-order valence-electron chi connectivity index (χ0n) is 13.9. The van der Waals surface area contributed by atoms with Gasteiger partial charge in [0.2, 0.25) is 0 Å². The Morgan fingerprint density at radius 2 is 1.85 bits per heavy atom. The summed E-state index contributed by atoms with van der Waals surface area (Å²) in [5.41, 5.74) is 0.968. The number of morpholine rings is 1. The highest BCUT2D eigenvalue weighted by molar-refractivity contribution is 5.95. The lowest BCUT2D eigenvalue weighted by Gasteiger charge is -2.28. The molecule has 1 aromatic carbocycles.